The van der Waals surface area contributed by atoms with Crippen LogP contribution >= 0.6 is 0 Å². The third-order valence-corrected chi connectivity index (χ3v) is 2.20. The molecule has 2 aromatic rings. The second-order valence-electron chi connectivity index (χ2n) is 3.41. The largest absolute Gasteiger partial charge is 0.386 e. The average molecular weight is 317 g/mol. The molecule has 0 radical (unpaired) electrons. The molecule has 2 aromatic carbocycles. The molecule has 0 aliphatic rings. The molecule has 0 fully saturated rings. The van der Waals surface area contributed by atoms with E-state index in [2.05, 4.69) is 0 Å². The molecule has 3 nitrogen and oxygen atoms in total. The molecule has 0 aliphatic carbocycles. The predicted molar refractivity (Wildman–Crippen MR) is 62.6 cm³/mol. The van der Waals surface area contributed by atoms with Crippen LogP contribution in [0.15, 0.2) is 60.7 Å². The number of carbonyl (C=O) groups is 2. The fourth-order valence-electron chi connectivity index (χ4n) is 1.35. The molecular formula is C14H10O3Zr. The fourth-order valence-corrected chi connectivity index (χ4v) is 1.35. The van der Waals surface area contributed by atoms with E-state index < -0.39 is 11.9 Å². The van der Waals surface area contributed by atoms with Gasteiger partial charge in [0.25, 0.3) is 0 Å². The van der Waals surface area contributed by atoms with E-state index in [4.69, 9.17) is 4.74 Å². The van der Waals surface area contributed by atoms with Crippen LogP contribution in [0, 0.1) is 0 Å². The Kier molecular flexibility index (Phi) is 5.67. The first-order chi connectivity index (χ1) is 8.27. The molecule has 0 N–H and O–H groups in total. The van der Waals surface area contributed by atoms with Gasteiger partial charge in [0.2, 0.25) is 0 Å². The summed E-state index contributed by atoms with van der Waals surface area (Å²) in [4.78, 5) is 23.2. The fraction of sp³-hybridized carbons (Fsp3) is 0. The number of hydrogen-bond donors (Lipinski definition) is 0. The number of ether oxygens (including phenoxy) is 1. The Morgan fingerprint density at radius 2 is 1.00 bits per heavy atom. The van der Waals surface area contributed by atoms with Gasteiger partial charge >= 0.3 is 11.9 Å². The van der Waals surface area contributed by atoms with Crippen LogP contribution in [0.5, 0.6) is 0 Å². The van der Waals surface area contributed by atoms with Gasteiger partial charge in [0.05, 0.1) is 11.1 Å². The standard InChI is InChI=1S/C14H10O3.Zr/c15-13(11-7-3-1-4-8-11)17-14(16)12-9-5-2-6-10-12;/h1-10H;. The van der Waals surface area contributed by atoms with Crippen molar-refractivity contribution < 1.29 is 40.5 Å². The molecular weight excluding hydrogens is 307 g/mol. The van der Waals surface area contributed by atoms with Gasteiger partial charge in [0.15, 0.2) is 0 Å². The molecule has 2 rings (SSSR count). The van der Waals surface area contributed by atoms with Gasteiger partial charge in [0, 0.05) is 26.2 Å². The molecule has 4 heteroatoms. The molecule has 0 saturated carbocycles. The summed E-state index contributed by atoms with van der Waals surface area (Å²) in [6.07, 6.45) is 0. The van der Waals surface area contributed by atoms with Gasteiger partial charge in [0.1, 0.15) is 0 Å². The van der Waals surface area contributed by atoms with Crippen molar-refractivity contribution in [3.8, 4) is 0 Å². The Morgan fingerprint density at radius 1 is 0.667 bits per heavy atom. The van der Waals surface area contributed by atoms with Crippen molar-refractivity contribution in [1.82, 2.24) is 0 Å². The van der Waals surface area contributed by atoms with Crippen molar-refractivity contribution in [1.29, 1.82) is 0 Å². The summed E-state index contributed by atoms with van der Waals surface area (Å²) in [6.45, 7) is 0. The van der Waals surface area contributed by atoms with Gasteiger partial charge in [-0.1, -0.05) is 36.4 Å². The Labute approximate surface area is 124 Å². The monoisotopic (exact) mass is 316 g/mol. The number of carbonyl (C=O) groups excluding carboxylic acids is 2. The molecule has 0 aromatic heterocycles. The van der Waals surface area contributed by atoms with Crippen LogP contribution in [0.1, 0.15) is 20.7 Å². The normalized spacial score (nSPS) is 9.11. The quantitative estimate of drug-likeness (QED) is 0.632. The average Bonchev–Trinajstić information content (AvgIpc) is 2.40. The minimum Gasteiger partial charge on any atom is -0.386 e. The summed E-state index contributed by atoms with van der Waals surface area (Å²) < 4.78 is 4.74. The summed E-state index contributed by atoms with van der Waals surface area (Å²) in [5.74, 6) is -1.28. The predicted octanol–water partition coefficient (Wildman–Crippen LogP) is 2.68. The molecule has 0 amide bonds. The minimum absolute atomic E-state index is 0. The van der Waals surface area contributed by atoms with E-state index in [1.807, 2.05) is 0 Å². The second kappa shape index (κ2) is 7.02. The maximum atomic E-state index is 11.6. The molecule has 0 saturated heterocycles. The van der Waals surface area contributed by atoms with Crippen molar-refractivity contribution in [3.63, 3.8) is 0 Å². The van der Waals surface area contributed by atoms with Crippen molar-refractivity contribution in [2.24, 2.45) is 0 Å². The SMILES string of the molecule is O=C(OC(=O)c1ccccc1)c1ccccc1.[Zr]. The van der Waals surface area contributed by atoms with Crippen molar-refractivity contribution in [2.45, 2.75) is 0 Å². The Hall–Kier alpha value is -1.54. The molecule has 0 spiro atoms. The van der Waals surface area contributed by atoms with E-state index in [-0.39, 0.29) is 26.2 Å². The van der Waals surface area contributed by atoms with E-state index in [0.717, 1.165) is 0 Å². The molecule has 0 unspecified atom stereocenters. The zero-order valence-corrected chi connectivity index (χ0v) is 12.0. The first kappa shape index (κ1) is 14.5. The number of esters is 2. The third kappa shape index (κ3) is 3.74. The molecule has 0 heterocycles. The van der Waals surface area contributed by atoms with Gasteiger partial charge in [-0.15, -0.1) is 0 Å². The molecule has 0 atom stereocenters. The van der Waals surface area contributed by atoms with E-state index in [9.17, 15) is 9.59 Å². The maximum Gasteiger partial charge on any atom is 0.346 e. The topological polar surface area (TPSA) is 43.4 Å². The number of hydrogen-bond acceptors (Lipinski definition) is 3. The molecule has 18 heavy (non-hydrogen) atoms. The summed E-state index contributed by atoms with van der Waals surface area (Å²) in [6, 6.07) is 16.8. The van der Waals surface area contributed by atoms with Crippen LogP contribution in [0.4, 0.5) is 0 Å². The molecule has 0 bridgehead atoms. The first-order valence-corrected chi connectivity index (χ1v) is 5.14. The van der Waals surface area contributed by atoms with E-state index in [1.54, 1.807) is 60.7 Å². The van der Waals surface area contributed by atoms with Crippen molar-refractivity contribution in [2.75, 3.05) is 0 Å². The summed E-state index contributed by atoms with van der Waals surface area (Å²) in [7, 11) is 0. The van der Waals surface area contributed by atoms with E-state index >= 15 is 0 Å². The van der Waals surface area contributed by atoms with E-state index in [0.29, 0.717) is 11.1 Å². The smallest absolute Gasteiger partial charge is 0.346 e. The van der Waals surface area contributed by atoms with Crippen LogP contribution in [0.2, 0.25) is 0 Å². The maximum absolute atomic E-state index is 11.6. The van der Waals surface area contributed by atoms with Gasteiger partial charge in [-0.05, 0) is 24.3 Å². The van der Waals surface area contributed by atoms with Crippen LogP contribution in [-0.4, -0.2) is 11.9 Å². The second-order valence-corrected chi connectivity index (χ2v) is 3.41. The Morgan fingerprint density at radius 3 is 1.33 bits per heavy atom. The van der Waals surface area contributed by atoms with Crippen molar-refractivity contribution in [3.05, 3.63) is 71.8 Å². The zero-order chi connectivity index (χ0) is 12.1. The number of benzene rings is 2. The molecule has 88 valence electrons. The summed E-state index contributed by atoms with van der Waals surface area (Å²) >= 11 is 0. The minimum atomic E-state index is -0.639. The van der Waals surface area contributed by atoms with Gasteiger partial charge < -0.3 is 4.74 Å². The summed E-state index contributed by atoms with van der Waals surface area (Å²) in [5, 5.41) is 0. The zero-order valence-electron chi connectivity index (χ0n) is 9.50. The van der Waals surface area contributed by atoms with Crippen LogP contribution in [0.25, 0.3) is 0 Å². The Balaban J connectivity index is 0.00000162. The molecule has 0 aliphatic heterocycles. The van der Waals surface area contributed by atoms with Gasteiger partial charge in [-0.25, -0.2) is 9.59 Å². The number of rotatable bonds is 2. The van der Waals surface area contributed by atoms with Crippen molar-refractivity contribution >= 4 is 11.9 Å². The van der Waals surface area contributed by atoms with Crippen LogP contribution < -0.4 is 0 Å². The van der Waals surface area contributed by atoms with Gasteiger partial charge in [-0.2, -0.15) is 0 Å². The van der Waals surface area contributed by atoms with Crippen LogP contribution in [-0.2, 0) is 30.9 Å². The first-order valence-electron chi connectivity index (χ1n) is 5.14. The van der Waals surface area contributed by atoms with E-state index in [1.165, 1.54) is 0 Å². The Bertz CT molecular complexity index is 474. The van der Waals surface area contributed by atoms with Gasteiger partial charge in [-0.3, -0.25) is 0 Å². The van der Waals surface area contributed by atoms with Crippen LogP contribution in [0.3, 0.4) is 0 Å². The third-order valence-electron chi connectivity index (χ3n) is 2.20. The summed E-state index contributed by atoms with van der Waals surface area (Å²) in [5.41, 5.74) is 0.716.